The molecule has 0 fully saturated rings. The first-order valence-electron chi connectivity index (χ1n) is 15.7. The van der Waals surface area contributed by atoms with Crippen LogP contribution in [0.15, 0.2) is 12.7 Å². The van der Waals surface area contributed by atoms with Gasteiger partial charge in [-0.3, -0.25) is 4.57 Å². The molecule has 0 spiro atoms. The van der Waals surface area contributed by atoms with Gasteiger partial charge < -0.3 is 24.5 Å². The highest BCUT2D eigenvalue weighted by molar-refractivity contribution is 7.52. The molecule has 0 radical (unpaired) electrons. The third-order valence-electron chi connectivity index (χ3n) is 7.39. The van der Waals surface area contributed by atoms with E-state index in [1.165, 1.54) is 12.7 Å². The highest BCUT2D eigenvalue weighted by Gasteiger charge is 2.29. The normalized spacial score (nSPS) is 14.7. The minimum atomic E-state index is -4.10. The van der Waals surface area contributed by atoms with Crippen LogP contribution in [0.5, 0.6) is 0 Å². The van der Waals surface area contributed by atoms with Crippen molar-refractivity contribution in [3.63, 3.8) is 0 Å². The monoisotopic (exact) mass is 657 g/mol. The minimum absolute atomic E-state index is 0.0389. The number of aromatic nitrogens is 4. The lowest BCUT2D eigenvalue weighted by atomic mass is 10.0. The first kappa shape index (κ1) is 38.3. The van der Waals surface area contributed by atoms with Gasteiger partial charge in [0, 0.05) is 19.3 Å². The summed E-state index contributed by atoms with van der Waals surface area (Å²) in [5.74, 6) is -2.60. The number of anilines is 1. The summed E-state index contributed by atoms with van der Waals surface area (Å²) in [6.07, 6.45) is 7.53. The number of halogens is 5. The Labute approximate surface area is 257 Å². The van der Waals surface area contributed by atoms with E-state index in [0.29, 0.717) is 30.6 Å². The van der Waals surface area contributed by atoms with Gasteiger partial charge in [-0.25, -0.2) is 23.7 Å². The van der Waals surface area contributed by atoms with E-state index in [2.05, 4.69) is 15.0 Å². The van der Waals surface area contributed by atoms with Crippen LogP contribution in [0.4, 0.5) is 27.8 Å². The molecule has 2 aromatic rings. The van der Waals surface area contributed by atoms with Gasteiger partial charge in [0.15, 0.2) is 11.5 Å². The van der Waals surface area contributed by atoms with Gasteiger partial charge in [-0.2, -0.15) is 13.2 Å². The highest BCUT2D eigenvalue weighted by Crippen LogP contribution is 2.42. The van der Waals surface area contributed by atoms with E-state index in [-0.39, 0.29) is 31.7 Å². The van der Waals surface area contributed by atoms with Crippen LogP contribution in [0.1, 0.15) is 116 Å². The number of ether oxygens (including phenoxy) is 1. The molecule has 15 heteroatoms. The van der Waals surface area contributed by atoms with Crippen molar-refractivity contribution in [2.75, 3.05) is 18.7 Å². The van der Waals surface area contributed by atoms with Gasteiger partial charge in [0.2, 0.25) is 5.92 Å². The smallest absolute Gasteiger partial charge is 0.382 e. The average molecular weight is 658 g/mol. The van der Waals surface area contributed by atoms with Crippen molar-refractivity contribution >= 4 is 24.6 Å². The van der Waals surface area contributed by atoms with Gasteiger partial charge in [0.25, 0.3) is 0 Å². The van der Waals surface area contributed by atoms with Gasteiger partial charge >= 0.3 is 13.8 Å². The topological polar surface area (TPSA) is 125 Å². The molecule has 0 aromatic carbocycles. The molecule has 2 atom stereocenters. The summed E-state index contributed by atoms with van der Waals surface area (Å²) in [5.41, 5.74) is 6.73. The van der Waals surface area contributed by atoms with Gasteiger partial charge in [0.1, 0.15) is 18.2 Å². The Kier molecular flexibility index (Phi) is 17.0. The molecule has 0 aliphatic rings. The highest BCUT2D eigenvalue weighted by atomic mass is 31.2. The maximum atomic E-state index is 14.2. The van der Waals surface area contributed by atoms with Crippen LogP contribution in [0.25, 0.3) is 11.2 Å². The Morgan fingerprint density at radius 2 is 1.36 bits per heavy atom. The number of imidazole rings is 1. The number of nitrogen functional groups attached to an aromatic ring is 1. The molecule has 0 aliphatic carbocycles. The zero-order chi connectivity index (χ0) is 32.5. The fraction of sp³-hybridized carbons (Fsp3) is 0.828. The molecule has 254 valence electrons. The predicted molar refractivity (Wildman–Crippen MR) is 160 cm³/mol. The number of unbranched alkanes of at least 4 members (excludes halogenated alkanes) is 12. The second-order valence-corrected chi connectivity index (χ2v) is 13.4. The molecule has 1 unspecified atom stereocenters. The molecule has 0 saturated heterocycles. The summed E-state index contributed by atoms with van der Waals surface area (Å²) in [5, 5.41) is 0. The second kappa shape index (κ2) is 19.6. The summed E-state index contributed by atoms with van der Waals surface area (Å²) in [6.45, 7) is 1.74. The zero-order valence-corrected chi connectivity index (χ0v) is 26.6. The number of fused-ring (bicyclic) bond motifs is 1. The summed E-state index contributed by atoms with van der Waals surface area (Å²) in [6, 6.07) is 0. The third kappa shape index (κ3) is 17.0. The van der Waals surface area contributed by atoms with Crippen LogP contribution in [0.3, 0.4) is 0 Å². The van der Waals surface area contributed by atoms with Crippen LogP contribution >= 0.6 is 7.60 Å². The van der Waals surface area contributed by atoms with Crippen molar-refractivity contribution in [2.45, 2.75) is 141 Å². The standard InChI is InChI=1S/C29H49F5N5O4P/c1-24(20-39-22-38-25-26(35)36-21-37-27(25)39)42-23-44(40,41)43-19-15-17-28(30,31)16-13-11-9-7-5-3-2-4-6-8-10-12-14-18-29(32,33)34/h21-22,24H,2-20,23H2,1H3,(H,40,41)(H2,35,36,37)/t24-/m1/s1. The van der Waals surface area contributed by atoms with E-state index in [9.17, 15) is 31.4 Å². The summed E-state index contributed by atoms with van der Waals surface area (Å²) < 4.78 is 89.1. The Balaban J connectivity index is 1.44. The lowest BCUT2D eigenvalue weighted by Gasteiger charge is -2.19. The number of nitrogens with two attached hydrogens (primary N) is 1. The molecule has 2 heterocycles. The zero-order valence-electron chi connectivity index (χ0n) is 25.7. The van der Waals surface area contributed by atoms with Crippen molar-refractivity contribution < 1.29 is 40.7 Å². The Bertz CT molecular complexity index is 1120. The fourth-order valence-corrected chi connectivity index (χ4v) is 5.87. The van der Waals surface area contributed by atoms with Crippen LogP contribution in [-0.2, 0) is 20.4 Å². The van der Waals surface area contributed by atoms with E-state index < -0.39 is 45.0 Å². The maximum Gasteiger partial charge on any atom is 0.389 e. The third-order valence-corrected chi connectivity index (χ3v) is 8.45. The SMILES string of the molecule is C[C@H](Cn1cnc2c(N)ncnc21)OCP(=O)(O)OCCCC(F)(F)CCCCCCCCCCCCCCCC(F)(F)F. The van der Waals surface area contributed by atoms with Gasteiger partial charge in [-0.1, -0.05) is 70.6 Å². The molecule has 0 amide bonds. The predicted octanol–water partition coefficient (Wildman–Crippen LogP) is 8.80. The Hall–Kier alpha value is -1.89. The molecule has 0 aliphatic heterocycles. The van der Waals surface area contributed by atoms with Crippen LogP contribution in [0, 0.1) is 0 Å². The summed E-state index contributed by atoms with van der Waals surface area (Å²) in [7, 11) is -4.10. The molecule has 2 aromatic heterocycles. The van der Waals surface area contributed by atoms with Gasteiger partial charge in [0.05, 0.1) is 25.6 Å². The number of alkyl halides is 5. The van der Waals surface area contributed by atoms with E-state index in [1.54, 1.807) is 11.5 Å². The molecule has 2 rings (SSSR count). The number of rotatable bonds is 25. The fourth-order valence-electron chi connectivity index (χ4n) is 4.94. The van der Waals surface area contributed by atoms with Crippen molar-refractivity contribution in [2.24, 2.45) is 0 Å². The lowest BCUT2D eigenvalue weighted by molar-refractivity contribution is -0.135. The quantitative estimate of drug-likeness (QED) is 0.0617. The average Bonchev–Trinajstić information content (AvgIpc) is 3.35. The van der Waals surface area contributed by atoms with Gasteiger partial charge in [-0.05, 0) is 26.2 Å². The van der Waals surface area contributed by atoms with Crippen molar-refractivity contribution in [1.29, 1.82) is 0 Å². The molecule has 44 heavy (non-hydrogen) atoms. The number of nitrogens with zero attached hydrogens (tertiary/aromatic N) is 4. The number of hydrogen-bond donors (Lipinski definition) is 2. The van der Waals surface area contributed by atoms with E-state index in [0.717, 1.165) is 64.2 Å². The Morgan fingerprint density at radius 3 is 1.93 bits per heavy atom. The van der Waals surface area contributed by atoms with E-state index in [4.69, 9.17) is 15.0 Å². The van der Waals surface area contributed by atoms with Crippen LogP contribution < -0.4 is 5.73 Å². The van der Waals surface area contributed by atoms with Gasteiger partial charge in [-0.15, -0.1) is 0 Å². The minimum Gasteiger partial charge on any atom is -0.382 e. The first-order chi connectivity index (χ1) is 20.8. The molecule has 9 nitrogen and oxygen atoms in total. The van der Waals surface area contributed by atoms with Crippen molar-refractivity contribution in [3.8, 4) is 0 Å². The Morgan fingerprint density at radius 1 is 0.841 bits per heavy atom. The van der Waals surface area contributed by atoms with Crippen LogP contribution in [0.2, 0.25) is 0 Å². The summed E-state index contributed by atoms with van der Waals surface area (Å²) >= 11 is 0. The summed E-state index contributed by atoms with van der Waals surface area (Å²) in [4.78, 5) is 22.2. The number of hydrogen-bond acceptors (Lipinski definition) is 7. The van der Waals surface area contributed by atoms with E-state index >= 15 is 0 Å². The molecular formula is C29H49F5N5O4P. The first-order valence-corrected chi connectivity index (χ1v) is 17.5. The molecule has 0 saturated carbocycles. The van der Waals surface area contributed by atoms with Crippen molar-refractivity contribution in [1.82, 2.24) is 19.5 Å². The molecular weight excluding hydrogens is 608 g/mol. The lowest BCUT2D eigenvalue weighted by Crippen LogP contribution is -2.18. The maximum absolute atomic E-state index is 14.2. The molecule has 0 bridgehead atoms. The largest absolute Gasteiger partial charge is 0.389 e. The van der Waals surface area contributed by atoms with Crippen molar-refractivity contribution in [3.05, 3.63) is 12.7 Å². The van der Waals surface area contributed by atoms with Crippen LogP contribution in [-0.4, -0.2) is 55.6 Å². The molecule has 3 N–H and O–H groups in total. The van der Waals surface area contributed by atoms with E-state index in [1.807, 2.05) is 0 Å². The second-order valence-electron chi connectivity index (χ2n) is 11.6.